The van der Waals surface area contributed by atoms with E-state index < -0.39 is 0 Å². The molecule has 0 aliphatic heterocycles. The first-order valence-electron chi connectivity index (χ1n) is 4.83. The molecule has 0 amide bonds. The van der Waals surface area contributed by atoms with Crippen LogP contribution in [0, 0.1) is 19.3 Å². The summed E-state index contributed by atoms with van der Waals surface area (Å²) < 4.78 is 1.77. The quantitative estimate of drug-likeness (QED) is 0.675. The maximum absolute atomic E-state index is 5.23. The summed E-state index contributed by atoms with van der Waals surface area (Å²) in [4.78, 5) is 0. The summed E-state index contributed by atoms with van der Waals surface area (Å²) in [5, 5.41) is 4.20. The molecular weight excluding hydrogens is 184 g/mol. The first kappa shape index (κ1) is 9.54. The van der Waals surface area contributed by atoms with E-state index in [2.05, 4.69) is 30.1 Å². The summed E-state index contributed by atoms with van der Waals surface area (Å²) in [6, 6.07) is 8.24. The van der Waals surface area contributed by atoms with Gasteiger partial charge in [0.05, 0.1) is 6.20 Å². The minimum atomic E-state index is 0.520. The summed E-state index contributed by atoms with van der Waals surface area (Å²) in [5.41, 5.74) is 3.57. The molecule has 0 unspecified atom stereocenters. The van der Waals surface area contributed by atoms with Gasteiger partial charge in [-0.2, -0.15) is 5.10 Å². The topological polar surface area (TPSA) is 17.8 Å². The number of aromatic nitrogens is 2. The van der Waals surface area contributed by atoms with E-state index in [-0.39, 0.29) is 0 Å². The van der Waals surface area contributed by atoms with Crippen LogP contribution in [0.25, 0.3) is 11.1 Å². The lowest BCUT2D eigenvalue weighted by molar-refractivity contribution is 0.716. The normalized spacial score (nSPS) is 9.87. The average molecular weight is 196 g/mol. The Bertz CT molecular complexity index is 503. The Morgan fingerprint density at radius 2 is 2.20 bits per heavy atom. The summed E-state index contributed by atoms with van der Waals surface area (Å²) in [5.74, 6) is 2.56. The largest absolute Gasteiger partial charge is 0.260 e. The van der Waals surface area contributed by atoms with Crippen LogP contribution >= 0.6 is 0 Å². The summed E-state index contributed by atoms with van der Waals surface area (Å²) in [6.07, 6.45) is 9.05. The van der Waals surface area contributed by atoms with Crippen molar-refractivity contribution in [3.05, 3.63) is 42.2 Å². The van der Waals surface area contributed by atoms with Gasteiger partial charge >= 0.3 is 0 Å². The van der Waals surface area contributed by atoms with Crippen LogP contribution in [0.2, 0.25) is 0 Å². The lowest BCUT2D eigenvalue weighted by atomic mass is 10.0. The zero-order valence-corrected chi connectivity index (χ0v) is 8.64. The Balaban J connectivity index is 2.38. The highest BCUT2D eigenvalue weighted by Crippen LogP contribution is 2.21. The highest BCUT2D eigenvalue weighted by Gasteiger charge is 2.02. The van der Waals surface area contributed by atoms with Gasteiger partial charge in [0.1, 0.15) is 6.54 Å². The van der Waals surface area contributed by atoms with Gasteiger partial charge < -0.3 is 0 Å². The Morgan fingerprint density at radius 3 is 2.93 bits per heavy atom. The van der Waals surface area contributed by atoms with Crippen LogP contribution in [0.4, 0.5) is 0 Å². The van der Waals surface area contributed by atoms with Crippen molar-refractivity contribution < 1.29 is 0 Å². The number of hydrogen-bond donors (Lipinski definition) is 0. The van der Waals surface area contributed by atoms with Crippen LogP contribution in [-0.2, 0) is 6.54 Å². The molecule has 2 rings (SSSR count). The summed E-state index contributed by atoms with van der Waals surface area (Å²) in [7, 11) is 0. The number of aryl methyl sites for hydroxylation is 1. The van der Waals surface area contributed by atoms with Gasteiger partial charge in [-0.3, -0.25) is 4.68 Å². The van der Waals surface area contributed by atoms with Gasteiger partial charge in [0.15, 0.2) is 0 Å². The van der Waals surface area contributed by atoms with Crippen molar-refractivity contribution in [1.82, 2.24) is 9.78 Å². The van der Waals surface area contributed by atoms with Gasteiger partial charge in [-0.25, -0.2) is 0 Å². The van der Waals surface area contributed by atoms with E-state index in [1.54, 1.807) is 4.68 Å². The zero-order valence-electron chi connectivity index (χ0n) is 8.64. The Labute approximate surface area is 89.6 Å². The molecule has 0 saturated heterocycles. The third-order valence-electron chi connectivity index (χ3n) is 2.34. The molecular formula is C13H12N2. The van der Waals surface area contributed by atoms with Crippen molar-refractivity contribution in [3.8, 4) is 23.5 Å². The second-order valence-corrected chi connectivity index (χ2v) is 3.45. The first-order valence-corrected chi connectivity index (χ1v) is 4.83. The van der Waals surface area contributed by atoms with E-state index in [1.165, 1.54) is 11.1 Å². The molecule has 1 aromatic carbocycles. The monoisotopic (exact) mass is 196 g/mol. The molecule has 15 heavy (non-hydrogen) atoms. The van der Waals surface area contributed by atoms with Gasteiger partial charge in [0, 0.05) is 11.8 Å². The number of nitrogens with zero attached hydrogens (tertiary/aromatic N) is 2. The fourth-order valence-corrected chi connectivity index (χ4v) is 1.58. The summed E-state index contributed by atoms with van der Waals surface area (Å²) >= 11 is 0. The average Bonchev–Trinajstić information content (AvgIpc) is 2.68. The van der Waals surface area contributed by atoms with E-state index in [9.17, 15) is 0 Å². The van der Waals surface area contributed by atoms with Gasteiger partial charge in [0.2, 0.25) is 0 Å². The van der Waals surface area contributed by atoms with Crippen LogP contribution in [0.15, 0.2) is 36.7 Å². The molecule has 1 heterocycles. The molecule has 2 nitrogen and oxygen atoms in total. The van der Waals surface area contributed by atoms with E-state index in [4.69, 9.17) is 6.42 Å². The maximum Gasteiger partial charge on any atom is 0.101 e. The SMILES string of the molecule is C#CCn1cc(-c2ccccc2C)cn1. The number of hydrogen-bond acceptors (Lipinski definition) is 1. The molecule has 0 spiro atoms. The molecule has 2 aromatic rings. The van der Waals surface area contributed by atoms with Crippen molar-refractivity contribution in [2.24, 2.45) is 0 Å². The Hall–Kier alpha value is -2.01. The molecule has 0 saturated carbocycles. The highest BCUT2D eigenvalue weighted by atomic mass is 15.3. The van der Waals surface area contributed by atoms with Crippen molar-refractivity contribution in [2.45, 2.75) is 13.5 Å². The molecule has 0 aliphatic carbocycles. The van der Waals surface area contributed by atoms with Gasteiger partial charge in [-0.05, 0) is 18.1 Å². The molecule has 2 heteroatoms. The van der Waals surface area contributed by atoms with Crippen LogP contribution in [0.1, 0.15) is 5.56 Å². The van der Waals surface area contributed by atoms with Crippen LogP contribution in [-0.4, -0.2) is 9.78 Å². The third-order valence-corrected chi connectivity index (χ3v) is 2.34. The van der Waals surface area contributed by atoms with Gasteiger partial charge in [-0.1, -0.05) is 30.2 Å². The van der Waals surface area contributed by atoms with Crippen molar-refractivity contribution in [1.29, 1.82) is 0 Å². The predicted molar refractivity (Wildman–Crippen MR) is 61.2 cm³/mol. The molecule has 0 fully saturated rings. The molecule has 74 valence electrons. The first-order chi connectivity index (χ1) is 7.31. The molecule has 1 aromatic heterocycles. The number of benzene rings is 1. The molecule has 0 radical (unpaired) electrons. The van der Waals surface area contributed by atoms with Crippen LogP contribution in [0.3, 0.4) is 0 Å². The minimum absolute atomic E-state index is 0.520. The molecule has 0 atom stereocenters. The van der Waals surface area contributed by atoms with Gasteiger partial charge in [-0.15, -0.1) is 6.42 Å². The lowest BCUT2D eigenvalue weighted by Crippen LogP contribution is -1.94. The fourth-order valence-electron chi connectivity index (χ4n) is 1.58. The van der Waals surface area contributed by atoms with E-state index >= 15 is 0 Å². The Kier molecular flexibility index (Phi) is 2.55. The predicted octanol–water partition coefficient (Wildman–Crippen LogP) is 2.49. The molecule has 0 bridgehead atoms. The Morgan fingerprint density at radius 1 is 1.40 bits per heavy atom. The second kappa shape index (κ2) is 4.02. The minimum Gasteiger partial charge on any atom is -0.260 e. The number of rotatable bonds is 2. The van der Waals surface area contributed by atoms with E-state index in [0.29, 0.717) is 6.54 Å². The molecule has 0 N–H and O–H groups in total. The van der Waals surface area contributed by atoms with E-state index in [1.807, 2.05) is 24.5 Å². The summed E-state index contributed by atoms with van der Waals surface area (Å²) in [6.45, 7) is 2.61. The third kappa shape index (κ3) is 1.92. The van der Waals surface area contributed by atoms with Gasteiger partial charge in [0.25, 0.3) is 0 Å². The highest BCUT2D eigenvalue weighted by molar-refractivity contribution is 5.65. The van der Waals surface area contributed by atoms with Crippen LogP contribution < -0.4 is 0 Å². The number of terminal acetylenes is 1. The maximum atomic E-state index is 5.23. The van der Waals surface area contributed by atoms with E-state index in [0.717, 1.165) is 5.56 Å². The standard InChI is InChI=1S/C13H12N2/c1-3-8-15-10-12(9-14-15)13-7-5-4-6-11(13)2/h1,4-7,9-10H,8H2,2H3. The van der Waals surface area contributed by atoms with Crippen LogP contribution in [0.5, 0.6) is 0 Å². The van der Waals surface area contributed by atoms with Crippen molar-refractivity contribution >= 4 is 0 Å². The zero-order chi connectivity index (χ0) is 10.7. The molecule has 0 aliphatic rings. The van der Waals surface area contributed by atoms with Crippen molar-refractivity contribution in [2.75, 3.05) is 0 Å². The lowest BCUT2D eigenvalue weighted by Gasteiger charge is -2.00. The van der Waals surface area contributed by atoms with Crippen molar-refractivity contribution in [3.63, 3.8) is 0 Å². The fraction of sp³-hybridized carbons (Fsp3) is 0.154. The second-order valence-electron chi connectivity index (χ2n) is 3.45. The smallest absolute Gasteiger partial charge is 0.101 e.